The molecular weight excluding hydrogens is 374 g/mol. The summed E-state index contributed by atoms with van der Waals surface area (Å²) in [4.78, 5) is 2.41. The fourth-order valence-corrected chi connectivity index (χ4v) is 4.16. The van der Waals surface area contributed by atoms with E-state index in [0.29, 0.717) is 12.3 Å². The predicted octanol–water partition coefficient (Wildman–Crippen LogP) is 4.83. The molecule has 0 aromatic heterocycles. The summed E-state index contributed by atoms with van der Waals surface area (Å²) in [5.74, 6) is 1.47. The lowest BCUT2D eigenvalue weighted by Crippen LogP contribution is -2.44. The van der Waals surface area contributed by atoms with Gasteiger partial charge in [-0.25, -0.2) is 0 Å². The van der Waals surface area contributed by atoms with E-state index < -0.39 is 5.60 Å². The van der Waals surface area contributed by atoms with Crippen molar-refractivity contribution < 1.29 is 14.6 Å². The van der Waals surface area contributed by atoms with Gasteiger partial charge in [-0.1, -0.05) is 63.2 Å². The highest BCUT2D eigenvalue weighted by atomic mass is 16.5. The quantitative estimate of drug-likeness (QED) is 0.608. The number of nitrogens with zero attached hydrogens (tertiary/aromatic N) is 1. The topological polar surface area (TPSA) is 41.9 Å². The normalized spacial score (nSPS) is 18.2. The fraction of sp³-hybridized carbons (Fsp3) is 0.538. The molecule has 30 heavy (non-hydrogen) atoms. The smallest absolute Gasteiger partial charge is 0.119 e. The van der Waals surface area contributed by atoms with E-state index in [-0.39, 0.29) is 5.92 Å². The highest BCUT2D eigenvalue weighted by molar-refractivity contribution is 5.35. The van der Waals surface area contributed by atoms with Crippen molar-refractivity contribution in [2.24, 2.45) is 5.92 Å². The molecule has 0 saturated carbocycles. The maximum absolute atomic E-state index is 12.0. The Labute approximate surface area is 181 Å². The Balaban J connectivity index is 1.83. The van der Waals surface area contributed by atoms with Gasteiger partial charge in [-0.3, -0.25) is 4.90 Å². The van der Waals surface area contributed by atoms with Crippen LogP contribution in [0, 0.1) is 5.92 Å². The maximum atomic E-state index is 12.0. The highest BCUT2D eigenvalue weighted by Gasteiger charge is 2.39. The van der Waals surface area contributed by atoms with Crippen molar-refractivity contribution in [1.82, 2.24) is 4.90 Å². The van der Waals surface area contributed by atoms with Gasteiger partial charge < -0.3 is 14.6 Å². The molecule has 0 aliphatic carbocycles. The van der Waals surface area contributed by atoms with E-state index in [2.05, 4.69) is 49.9 Å². The summed E-state index contributed by atoms with van der Waals surface area (Å²) in [6.07, 6.45) is 1.68. The van der Waals surface area contributed by atoms with Crippen LogP contribution >= 0.6 is 0 Å². The molecule has 0 spiro atoms. The minimum absolute atomic E-state index is 0.0190. The van der Waals surface area contributed by atoms with Gasteiger partial charge in [0.2, 0.25) is 0 Å². The van der Waals surface area contributed by atoms with Crippen molar-refractivity contribution in [3.63, 3.8) is 0 Å². The maximum Gasteiger partial charge on any atom is 0.119 e. The standard InChI is InChI=1S/C26H37NO3/c1-4-26(28,23-10-12-24(13-11-23)30-17-14-21(2)3)25(22-8-6-5-7-9-22)20-27-15-18-29-19-16-27/h5-13,21,25,28H,4,14-20H2,1-3H3/t25-,26+/m1/s1. The molecule has 1 aliphatic heterocycles. The van der Waals surface area contributed by atoms with Crippen LogP contribution < -0.4 is 4.74 Å². The summed E-state index contributed by atoms with van der Waals surface area (Å²) in [7, 11) is 0. The third kappa shape index (κ3) is 5.84. The largest absolute Gasteiger partial charge is 0.494 e. The molecule has 164 valence electrons. The second-order valence-corrected chi connectivity index (χ2v) is 8.71. The van der Waals surface area contributed by atoms with Crippen LogP contribution in [-0.4, -0.2) is 49.5 Å². The summed E-state index contributed by atoms with van der Waals surface area (Å²) < 4.78 is 11.4. The second kappa shape index (κ2) is 10.9. The molecule has 1 saturated heterocycles. The molecule has 0 unspecified atom stereocenters. The van der Waals surface area contributed by atoms with Crippen LogP contribution in [0.2, 0.25) is 0 Å². The monoisotopic (exact) mass is 411 g/mol. The van der Waals surface area contributed by atoms with Crippen molar-refractivity contribution in [3.8, 4) is 5.75 Å². The van der Waals surface area contributed by atoms with Crippen molar-refractivity contribution in [3.05, 3.63) is 65.7 Å². The van der Waals surface area contributed by atoms with Crippen LogP contribution in [-0.2, 0) is 10.3 Å². The van der Waals surface area contributed by atoms with Gasteiger partial charge in [0, 0.05) is 25.6 Å². The SMILES string of the molecule is CC[C@](O)(c1ccc(OCCC(C)C)cc1)[C@H](CN1CCOCC1)c1ccccc1. The molecular formula is C26H37NO3. The van der Waals surface area contributed by atoms with Gasteiger partial charge in [-0.05, 0) is 42.0 Å². The average molecular weight is 412 g/mol. The summed E-state index contributed by atoms with van der Waals surface area (Å²) in [6, 6.07) is 18.5. The zero-order valence-corrected chi connectivity index (χ0v) is 18.7. The molecule has 2 aromatic rings. The van der Waals surface area contributed by atoms with Gasteiger partial charge in [0.15, 0.2) is 0 Å². The van der Waals surface area contributed by atoms with E-state index >= 15 is 0 Å². The van der Waals surface area contributed by atoms with Crippen LogP contribution in [0.5, 0.6) is 5.75 Å². The number of hydrogen-bond acceptors (Lipinski definition) is 4. The number of morpholine rings is 1. The lowest BCUT2D eigenvalue weighted by molar-refractivity contribution is -0.0250. The fourth-order valence-electron chi connectivity index (χ4n) is 4.16. The average Bonchev–Trinajstić information content (AvgIpc) is 2.78. The van der Waals surface area contributed by atoms with E-state index in [1.165, 1.54) is 5.56 Å². The van der Waals surface area contributed by atoms with E-state index in [1.807, 2.05) is 30.3 Å². The first-order chi connectivity index (χ1) is 14.5. The molecule has 2 atom stereocenters. The third-order valence-electron chi connectivity index (χ3n) is 6.18. The molecule has 1 N–H and O–H groups in total. The van der Waals surface area contributed by atoms with Gasteiger partial charge >= 0.3 is 0 Å². The van der Waals surface area contributed by atoms with E-state index in [9.17, 15) is 5.11 Å². The molecule has 1 aliphatic rings. The summed E-state index contributed by atoms with van der Waals surface area (Å²) in [5.41, 5.74) is 1.17. The Morgan fingerprint density at radius 2 is 1.70 bits per heavy atom. The minimum atomic E-state index is -0.948. The number of hydrogen-bond donors (Lipinski definition) is 1. The molecule has 4 heteroatoms. The molecule has 1 heterocycles. The van der Waals surface area contributed by atoms with Crippen LogP contribution in [0.25, 0.3) is 0 Å². The van der Waals surface area contributed by atoms with E-state index in [0.717, 1.165) is 57.2 Å². The van der Waals surface area contributed by atoms with Gasteiger partial charge in [0.1, 0.15) is 5.75 Å². The Kier molecular flexibility index (Phi) is 8.32. The van der Waals surface area contributed by atoms with Gasteiger partial charge in [0.05, 0.1) is 25.4 Å². The Morgan fingerprint density at radius 3 is 2.30 bits per heavy atom. The predicted molar refractivity (Wildman–Crippen MR) is 122 cm³/mol. The summed E-state index contributed by atoms with van der Waals surface area (Å²) in [6.45, 7) is 11.3. The molecule has 4 nitrogen and oxygen atoms in total. The van der Waals surface area contributed by atoms with Crippen molar-refractivity contribution in [1.29, 1.82) is 0 Å². The van der Waals surface area contributed by atoms with Crippen LogP contribution in [0.4, 0.5) is 0 Å². The van der Waals surface area contributed by atoms with Crippen molar-refractivity contribution in [2.45, 2.75) is 45.1 Å². The van der Waals surface area contributed by atoms with Crippen LogP contribution in [0.3, 0.4) is 0 Å². The molecule has 3 rings (SSSR count). The lowest BCUT2D eigenvalue weighted by atomic mass is 9.75. The molecule has 0 amide bonds. The molecule has 2 aromatic carbocycles. The minimum Gasteiger partial charge on any atom is -0.494 e. The Morgan fingerprint density at radius 1 is 1.03 bits per heavy atom. The van der Waals surface area contributed by atoms with Crippen molar-refractivity contribution in [2.75, 3.05) is 39.5 Å². The van der Waals surface area contributed by atoms with Crippen LogP contribution in [0.1, 0.15) is 50.7 Å². The van der Waals surface area contributed by atoms with Crippen LogP contribution in [0.15, 0.2) is 54.6 Å². The number of aliphatic hydroxyl groups is 1. The summed E-state index contributed by atoms with van der Waals surface area (Å²) >= 11 is 0. The number of benzene rings is 2. The number of rotatable bonds is 10. The Bertz CT molecular complexity index is 741. The van der Waals surface area contributed by atoms with E-state index in [1.54, 1.807) is 0 Å². The Hall–Kier alpha value is -1.88. The van der Waals surface area contributed by atoms with Gasteiger partial charge in [-0.15, -0.1) is 0 Å². The summed E-state index contributed by atoms with van der Waals surface area (Å²) in [5, 5.41) is 12.0. The zero-order chi connectivity index (χ0) is 21.4. The zero-order valence-electron chi connectivity index (χ0n) is 18.7. The third-order valence-corrected chi connectivity index (χ3v) is 6.18. The van der Waals surface area contributed by atoms with Crippen molar-refractivity contribution >= 4 is 0 Å². The highest BCUT2D eigenvalue weighted by Crippen LogP contribution is 2.41. The van der Waals surface area contributed by atoms with E-state index in [4.69, 9.17) is 9.47 Å². The second-order valence-electron chi connectivity index (χ2n) is 8.71. The first kappa shape index (κ1) is 22.8. The first-order valence-electron chi connectivity index (χ1n) is 11.3. The first-order valence-corrected chi connectivity index (χ1v) is 11.3. The van der Waals surface area contributed by atoms with Gasteiger partial charge in [0.25, 0.3) is 0 Å². The molecule has 0 bridgehead atoms. The van der Waals surface area contributed by atoms with Gasteiger partial charge in [-0.2, -0.15) is 0 Å². The number of ether oxygens (including phenoxy) is 2. The lowest BCUT2D eigenvalue weighted by Gasteiger charge is -2.40. The molecule has 1 fully saturated rings. The molecule has 0 radical (unpaired) electrons.